The van der Waals surface area contributed by atoms with Crippen molar-refractivity contribution in [2.24, 2.45) is 0 Å². The Hall–Kier alpha value is -0.860. The van der Waals surface area contributed by atoms with E-state index in [0.717, 1.165) is 13.0 Å². The van der Waals surface area contributed by atoms with Crippen molar-refractivity contribution in [3.05, 3.63) is 35.9 Å². The summed E-state index contributed by atoms with van der Waals surface area (Å²) in [4.78, 5) is 0. The maximum absolute atomic E-state index is 9.82. The Balaban J connectivity index is 2.68. The Kier molecular flexibility index (Phi) is 3.67. The van der Waals surface area contributed by atoms with Crippen molar-refractivity contribution in [1.82, 2.24) is 0 Å². The third-order valence-electron chi connectivity index (χ3n) is 2.60. The molecule has 0 fully saturated rings. The zero-order valence-corrected chi connectivity index (χ0v) is 9.27. The molecule has 0 spiro atoms. The zero-order valence-electron chi connectivity index (χ0n) is 9.27. The molecule has 0 saturated carbocycles. The molecule has 1 N–H and O–H groups in total. The van der Waals surface area contributed by atoms with Crippen molar-refractivity contribution in [2.75, 3.05) is 14.1 Å². The van der Waals surface area contributed by atoms with Crippen molar-refractivity contribution in [3.63, 3.8) is 0 Å². The van der Waals surface area contributed by atoms with Gasteiger partial charge in [-0.25, -0.2) is 0 Å². The van der Waals surface area contributed by atoms with E-state index in [1.165, 1.54) is 5.56 Å². The lowest BCUT2D eigenvalue weighted by Gasteiger charge is -2.34. The van der Waals surface area contributed by atoms with Crippen LogP contribution in [0.15, 0.2) is 30.3 Å². The molecule has 1 aromatic rings. The molecule has 2 heteroatoms. The fraction of sp³-hybridized carbons (Fsp3) is 0.500. The van der Waals surface area contributed by atoms with Crippen molar-refractivity contribution in [1.29, 1.82) is 0 Å². The number of aliphatic hydroxyl groups is 1. The number of hydrogen-bond acceptors (Lipinski definition) is 1. The fourth-order valence-corrected chi connectivity index (χ4v) is 1.65. The van der Waals surface area contributed by atoms with Crippen molar-refractivity contribution in [2.45, 2.75) is 26.1 Å². The molecule has 1 aromatic carbocycles. The Morgan fingerprint density at radius 3 is 2.29 bits per heavy atom. The average Bonchev–Trinajstić information content (AvgIpc) is 2.17. The minimum absolute atomic E-state index is 0.282. The Morgan fingerprint density at radius 1 is 1.21 bits per heavy atom. The van der Waals surface area contributed by atoms with Crippen LogP contribution in [-0.2, 0) is 6.54 Å². The van der Waals surface area contributed by atoms with Crippen LogP contribution in [0, 0.1) is 0 Å². The van der Waals surface area contributed by atoms with E-state index in [1.54, 1.807) is 0 Å². The van der Waals surface area contributed by atoms with Gasteiger partial charge in [0.05, 0.1) is 14.1 Å². The maximum atomic E-state index is 9.82. The molecule has 0 aromatic heterocycles. The lowest BCUT2D eigenvalue weighted by Crippen LogP contribution is -2.47. The first-order chi connectivity index (χ1) is 6.56. The molecule has 0 aliphatic heterocycles. The van der Waals surface area contributed by atoms with Crippen molar-refractivity contribution >= 4 is 0 Å². The molecular formula is C12H20NO+. The topological polar surface area (TPSA) is 20.2 Å². The summed E-state index contributed by atoms with van der Waals surface area (Å²) < 4.78 is 0.626. The summed E-state index contributed by atoms with van der Waals surface area (Å²) in [6.07, 6.45) is 0.509. The monoisotopic (exact) mass is 194 g/mol. The van der Waals surface area contributed by atoms with Gasteiger partial charge in [-0.2, -0.15) is 0 Å². The minimum atomic E-state index is -0.282. The molecule has 0 bridgehead atoms. The third-order valence-corrected chi connectivity index (χ3v) is 2.60. The minimum Gasteiger partial charge on any atom is -0.345 e. The molecule has 0 amide bonds. The van der Waals surface area contributed by atoms with Gasteiger partial charge in [0.25, 0.3) is 0 Å². The second-order valence-electron chi connectivity index (χ2n) is 4.31. The third kappa shape index (κ3) is 2.82. The number of aliphatic hydroxyl groups excluding tert-OH is 1. The average molecular weight is 194 g/mol. The molecule has 1 atom stereocenters. The number of hydrogen-bond donors (Lipinski definition) is 1. The fourth-order valence-electron chi connectivity index (χ4n) is 1.65. The summed E-state index contributed by atoms with van der Waals surface area (Å²) in [6, 6.07) is 10.3. The van der Waals surface area contributed by atoms with Gasteiger partial charge in [-0.15, -0.1) is 0 Å². The Bertz CT molecular complexity index is 269. The second-order valence-corrected chi connectivity index (χ2v) is 4.31. The summed E-state index contributed by atoms with van der Waals surface area (Å²) in [7, 11) is 4.11. The summed E-state index contributed by atoms with van der Waals surface area (Å²) in [5, 5.41) is 9.82. The van der Waals surface area contributed by atoms with E-state index in [0.29, 0.717) is 4.48 Å². The predicted molar refractivity (Wildman–Crippen MR) is 58.6 cm³/mol. The van der Waals surface area contributed by atoms with Gasteiger partial charge < -0.3 is 5.11 Å². The van der Waals surface area contributed by atoms with Crippen LogP contribution in [0.1, 0.15) is 18.9 Å². The second kappa shape index (κ2) is 4.58. The first kappa shape index (κ1) is 11.2. The molecule has 1 unspecified atom stereocenters. The molecule has 0 heterocycles. The highest BCUT2D eigenvalue weighted by atomic mass is 16.3. The van der Waals surface area contributed by atoms with Gasteiger partial charge in [0.1, 0.15) is 6.54 Å². The molecule has 0 saturated heterocycles. The maximum Gasteiger partial charge on any atom is 0.190 e. The van der Waals surface area contributed by atoms with Crippen molar-refractivity contribution in [3.8, 4) is 0 Å². The SMILES string of the molecule is CCC(O)[N+](C)(C)Cc1ccccc1. The molecule has 1 rings (SSSR count). The highest BCUT2D eigenvalue weighted by Crippen LogP contribution is 2.13. The normalized spacial score (nSPS) is 14.0. The summed E-state index contributed by atoms with van der Waals surface area (Å²) in [6.45, 7) is 2.88. The summed E-state index contributed by atoms with van der Waals surface area (Å²) in [5.74, 6) is 0. The van der Waals surface area contributed by atoms with Gasteiger partial charge in [0.2, 0.25) is 0 Å². The molecule has 0 radical (unpaired) electrons. The van der Waals surface area contributed by atoms with Crippen LogP contribution < -0.4 is 0 Å². The smallest absolute Gasteiger partial charge is 0.190 e. The summed E-state index contributed by atoms with van der Waals surface area (Å²) in [5.41, 5.74) is 1.27. The van der Waals surface area contributed by atoms with Gasteiger partial charge in [-0.3, -0.25) is 4.48 Å². The highest BCUT2D eigenvalue weighted by Gasteiger charge is 2.24. The van der Waals surface area contributed by atoms with Crippen molar-refractivity contribution < 1.29 is 9.59 Å². The van der Waals surface area contributed by atoms with Crippen LogP contribution in [0.5, 0.6) is 0 Å². The van der Waals surface area contributed by atoms with E-state index in [-0.39, 0.29) is 6.23 Å². The number of nitrogens with zero attached hydrogens (tertiary/aromatic N) is 1. The van der Waals surface area contributed by atoms with E-state index in [1.807, 2.05) is 25.1 Å². The van der Waals surface area contributed by atoms with E-state index in [9.17, 15) is 5.11 Å². The molecule has 14 heavy (non-hydrogen) atoms. The van der Waals surface area contributed by atoms with E-state index in [2.05, 4.69) is 26.2 Å². The predicted octanol–water partition coefficient (Wildman–Crippen LogP) is 1.99. The molecule has 78 valence electrons. The van der Waals surface area contributed by atoms with Gasteiger partial charge in [0, 0.05) is 12.0 Å². The number of quaternary nitrogens is 1. The van der Waals surface area contributed by atoms with Gasteiger partial charge >= 0.3 is 0 Å². The van der Waals surface area contributed by atoms with Crippen LogP contribution in [0.2, 0.25) is 0 Å². The Labute approximate surface area is 86.4 Å². The largest absolute Gasteiger partial charge is 0.345 e. The highest BCUT2D eigenvalue weighted by molar-refractivity contribution is 5.13. The van der Waals surface area contributed by atoms with Gasteiger partial charge in [-0.05, 0) is 0 Å². The van der Waals surface area contributed by atoms with Crippen LogP contribution in [0.25, 0.3) is 0 Å². The van der Waals surface area contributed by atoms with Gasteiger partial charge in [0.15, 0.2) is 6.23 Å². The summed E-state index contributed by atoms with van der Waals surface area (Å²) >= 11 is 0. The first-order valence-corrected chi connectivity index (χ1v) is 5.11. The van der Waals surface area contributed by atoms with Gasteiger partial charge in [-0.1, -0.05) is 37.3 Å². The van der Waals surface area contributed by atoms with E-state index < -0.39 is 0 Å². The first-order valence-electron chi connectivity index (χ1n) is 5.11. The lowest BCUT2D eigenvalue weighted by atomic mass is 10.2. The number of rotatable bonds is 4. The van der Waals surface area contributed by atoms with E-state index in [4.69, 9.17) is 0 Å². The van der Waals surface area contributed by atoms with Crippen LogP contribution in [0.4, 0.5) is 0 Å². The van der Waals surface area contributed by atoms with Crippen LogP contribution >= 0.6 is 0 Å². The lowest BCUT2D eigenvalue weighted by molar-refractivity contribution is -0.949. The number of benzene rings is 1. The molecular weight excluding hydrogens is 174 g/mol. The quantitative estimate of drug-likeness (QED) is 0.574. The molecule has 2 nitrogen and oxygen atoms in total. The van der Waals surface area contributed by atoms with Crippen LogP contribution in [-0.4, -0.2) is 29.9 Å². The Morgan fingerprint density at radius 2 is 1.79 bits per heavy atom. The van der Waals surface area contributed by atoms with Crippen LogP contribution in [0.3, 0.4) is 0 Å². The standard InChI is InChI=1S/C12H20NO/c1-4-12(14)13(2,3)10-11-8-6-5-7-9-11/h5-9,12,14H,4,10H2,1-3H3/q+1. The zero-order chi connectivity index (χ0) is 10.6. The molecule has 0 aliphatic rings. The van der Waals surface area contributed by atoms with E-state index >= 15 is 0 Å². The molecule has 0 aliphatic carbocycles.